The number of nitrogens with zero attached hydrogens (tertiary/aromatic N) is 6. The van der Waals surface area contributed by atoms with Gasteiger partial charge in [-0.3, -0.25) is 9.97 Å². The minimum absolute atomic E-state index is 0.660. The summed E-state index contributed by atoms with van der Waals surface area (Å²) in [6, 6.07) is 69.4. The van der Waals surface area contributed by atoms with Gasteiger partial charge >= 0.3 is 0 Å². The van der Waals surface area contributed by atoms with Gasteiger partial charge < -0.3 is 9.13 Å². The number of hydrogen-bond donors (Lipinski definition) is 0. The Morgan fingerprint density at radius 2 is 0.866 bits per heavy atom. The zero-order valence-electron chi connectivity index (χ0n) is 35.9. The van der Waals surface area contributed by atoms with Crippen LogP contribution in [0.3, 0.4) is 0 Å². The average Bonchev–Trinajstić information content (AvgIpc) is 4.06. The van der Waals surface area contributed by atoms with Gasteiger partial charge in [-0.2, -0.15) is 0 Å². The third-order valence-corrected chi connectivity index (χ3v) is 14.4. The van der Waals surface area contributed by atoms with Crippen LogP contribution in [0.25, 0.3) is 131 Å². The molecule has 14 rings (SSSR count). The van der Waals surface area contributed by atoms with Crippen molar-refractivity contribution in [3.05, 3.63) is 219 Å². The molecule has 0 saturated heterocycles. The molecule has 0 aliphatic carbocycles. The zero-order chi connectivity index (χ0) is 44.0. The van der Waals surface area contributed by atoms with E-state index in [2.05, 4.69) is 195 Å². The number of rotatable bonds is 6. The van der Waals surface area contributed by atoms with Gasteiger partial charge in [0.2, 0.25) is 0 Å². The lowest BCUT2D eigenvalue weighted by Gasteiger charge is -2.16. The zero-order valence-corrected chi connectivity index (χ0v) is 36.7. The van der Waals surface area contributed by atoms with Gasteiger partial charge in [0.1, 0.15) is 0 Å². The van der Waals surface area contributed by atoms with E-state index in [4.69, 9.17) is 9.97 Å². The Hall–Kier alpha value is -8.78. The molecular weight excluding hydrogens is 837 g/mol. The number of benzene rings is 8. The van der Waals surface area contributed by atoms with Crippen molar-refractivity contribution in [2.45, 2.75) is 0 Å². The van der Waals surface area contributed by atoms with Crippen LogP contribution < -0.4 is 0 Å². The minimum Gasteiger partial charge on any atom is -0.308 e. The number of para-hydroxylation sites is 2. The van der Waals surface area contributed by atoms with Crippen LogP contribution in [-0.4, -0.2) is 29.1 Å². The van der Waals surface area contributed by atoms with Crippen molar-refractivity contribution in [2.75, 3.05) is 0 Å². The highest BCUT2D eigenvalue weighted by molar-refractivity contribution is 7.26. The molecule has 0 aliphatic heterocycles. The van der Waals surface area contributed by atoms with Gasteiger partial charge in [-0.1, -0.05) is 133 Å². The Labute approximate surface area is 388 Å². The summed E-state index contributed by atoms with van der Waals surface area (Å²) in [5, 5.41) is 9.80. The van der Waals surface area contributed by atoms with E-state index in [0.29, 0.717) is 5.82 Å². The predicted molar refractivity (Wildman–Crippen MR) is 278 cm³/mol. The molecule has 0 aliphatic rings. The Morgan fingerprint density at radius 3 is 1.52 bits per heavy atom. The van der Waals surface area contributed by atoms with Gasteiger partial charge in [0.15, 0.2) is 5.82 Å². The highest BCUT2D eigenvalue weighted by Crippen LogP contribution is 2.44. The second kappa shape index (κ2) is 14.9. The standard InChI is InChI=1S/C60H36N6S/c1-2-12-39(13-3-1)60-63-51(38-24-22-37(23-25-38)50-33-58-59(48-17-5-4-14-43(48)50)49-18-8-11-21-57(49)67-58)34-52(64-60)40-30-41(65-53-19-9-6-15-44(53)46-26-28-61-35-55(46)65)32-42(31-40)66-54-20-10-7-16-45(54)47-27-29-62-36-56(47)66/h1-36H. The molecule has 6 nitrogen and oxygen atoms in total. The van der Waals surface area contributed by atoms with E-state index in [1.807, 2.05) is 54.3 Å². The van der Waals surface area contributed by atoms with Gasteiger partial charge in [0.25, 0.3) is 0 Å². The first-order chi connectivity index (χ1) is 33.2. The van der Waals surface area contributed by atoms with Crippen LogP contribution in [0.2, 0.25) is 0 Å². The van der Waals surface area contributed by atoms with Crippen molar-refractivity contribution in [1.82, 2.24) is 29.1 Å². The van der Waals surface area contributed by atoms with Crippen molar-refractivity contribution >= 4 is 85.9 Å². The van der Waals surface area contributed by atoms with Gasteiger partial charge in [-0.25, -0.2) is 9.97 Å². The lowest BCUT2D eigenvalue weighted by Crippen LogP contribution is -2.02. The summed E-state index contributed by atoms with van der Waals surface area (Å²) in [6.45, 7) is 0. The number of fused-ring (bicyclic) bond motifs is 11. The molecular formula is C60H36N6S. The molecule has 6 heterocycles. The molecule has 67 heavy (non-hydrogen) atoms. The highest BCUT2D eigenvalue weighted by Gasteiger charge is 2.20. The normalized spacial score (nSPS) is 11.9. The average molecular weight is 873 g/mol. The largest absolute Gasteiger partial charge is 0.308 e. The van der Waals surface area contributed by atoms with Gasteiger partial charge in [-0.05, 0) is 82.6 Å². The Balaban J connectivity index is 0.984. The molecule has 8 aromatic carbocycles. The van der Waals surface area contributed by atoms with Crippen LogP contribution in [0.15, 0.2) is 219 Å². The predicted octanol–water partition coefficient (Wildman–Crippen LogP) is 15.6. The fourth-order valence-electron chi connectivity index (χ4n) is 10.3. The van der Waals surface area contributed by atoms with E-state index in [1.165, 1.54) is 47.3 Å². The topological polar surface area (TPSA) is 61.4 Å². The lowest BCUT2D eigenvalue weighted by molar-refractivity contribution is 1.12. The number of aromatic nitrogens is 6. The van der Waals surface area contributed by atoms with Crippen LogP contribution >= 0.6 is 11.3 Å². The van der Waals surface area contributed by atoms with Crippen molar-refractivity contribution < 1.29 is 0 Å². The van der Waals surface area contributed by atoms with E-state index in [1.54, 1.807) is 0 Å². The second-order valence-electron chi connectivity index (χ2n) is 17.1. The summed E-state index contributed by atoms with van der Waals surface area (Å²) in [5.41, 5.74) is 13.2. The summed E-state index contributed by atoms with van der Waals surface area (Å²) in [6.07, 6.45) is 7.68. The SMILES string of the molecule is c1ccc(-c2nc(-c3ccc(-c4cc5sc6ccccc6c5c5ccccc45)cc3)cc(-c3cc(-n4c5ccccc5c5ccncc54)cc(-n4c5ccccc5c5ccncc54)c3)n2)cc1. The third kappa shape index (κ3) is 5.95. The maximum Gasteiger partial charge on any atom is 0.160 e. The van der Waals surface area contributed by atoms with Crippen molar-refractivity contribution in [2.24, 2.45) is 0 Å². The molecule has 6 aromatic heterocycles. The lowest BCUT2D eigenvalue weighted by atomic mass is 9.94. The number of hydrogen-bond acceptors (Lipinski definition) is 5. The van der Waals surface area contributed by atoms with Crippen LogP contribution in [0, 0.1) is 0 Å². The van der Waals surface area contributed by atoms with Crippen molar-refractivity contribution in [3.63, 3.8) is 0 Å². The molecule has 14 aromatic rings. The maximum absolute atomic E-state index is 5.39. The molecule has 0 amide bonds. The number of thiophene rings is 1. The van der Waals surface area contributed by atoms with Gasteiger partial charge in [0.05, 0.1) is 45.8 Å². The second-order valence-corrected chi connectivity index (χ2v) is 18.2. The maximum atomic E-state index is 5.39. The summed E-state index contributed by atoms with van der Waals surface area (Å²) in [4.78, 5) is 19.9. The molecule has 0 saturated carbocycles. The molecule has 0 atom stereocenters. The van der Waals surface area contributed by atoms with E-state index >= 15 is 0 Å². The quantitative estimate of drug-likeness (QED) is 0.167. The fourth-order valence-corrected chi connectivity index (χ4v) is 11.5. The first kappa shape index (κ1) is 37.6. The molecule has 0 radical (unpaired) electrons. The smallest absolute Gasteiger partial charge is 0.160 e. The molecule has 0 unspecified atom stereocenters. The first-order valence-electron chi connectivity index (χ1n) is 22.4. The van der Waals surface area contributed by atoms with Crippen LogP contribution in [0.4, 0.5) is 0 Å². The molecule has 0 N–H and O–H groups in total. The van der Waals surface area contributed by atoms with E-state index in [-0.39, 0.29) is 0 Å². The van der Waals surface area contributed by atoms with Crippen molar-refractivity contribution in [1.29, 1.82) is 0 Å². The molecule has 0 bridgehead atoms. The summed E-state index contributed by atoms with van der Waals surface area (Å²) in [7, 11) is 0. The highest BCUT2D eigenvalue weighted by atomic mass is 32.1. The van der Waals surface area contributed by atoms with Gasteiger partial charge in [-0.15, -0.1) is 11.3 Å². The van der Waals surface area contributed by atoms with Gasteiger partial charge in [0, 0.05) is 82.2 Å². The Kier molecular flexibility index (Phi) is 8.35. The Morgan fingerprint density at radius 1 is 0.343 bits per heavy atom. The number of pyridine rings is 2. The molecule has 312 valence electrons. The first-order valence-corrected chi connectivity index (χ1v) is 23.2. The molecule has 7 heteroatoms. The summed E-state index contributed by atoms with van der Waals surface area (Å²) in [5.74, 6) is 0.660. The molecule has 0 spiro atoms. The summed E-state index contributed by atoms with van der Waals surface area (Å²) < 4.78 is 7.26. The van der Waals surface area contributed by atoms with E-state index < -0.39 is 0 Å². The summed E-state index contributed by atoms with van der Waals surface area (Å²) >= 11 is 1.86. The third-order valence-electron chi connectivity index (χ3n) is 13.3. The molecule has 0 fully saturated rings. The van der Waals surface area contributed by atoms with Crippen LogP contribution in [0.5, 0.6) is 0 Å². The monoisotopic (exact) mass is 872 g/mol. The van der Waals surface area contributed by atoms with Crippen LogP contribution in [-0.2, 0) is 0 Å². The Bertz CT molecular complexity index is 4040. The van der Waals surface area contributed by atoms with E-state index in [0.717, 1.165) is 77.9 Å². The van der Waals surface area contributed by atoms with Crippen LogP contribution in [0.1, 0.15) is 0 Å². The fraction of sp³-hybridized carbons (Fsp3) is 0. The van der Waals surface area contributed by atoms with Crippen molar-refractivity contribution in [3.8, 4) is 56.4 Å². The minimum atomic E-state index is 0.660. The van der Waals surface area contributed by atoms with E-state index in [9.17, 15) is 0 Å².